The molecule has 2 atom stereocenters. The molecular weight excluding hydrogens is 210 g/mol. The quantitative estimate of drug-likeness (QED) is 0.622. The molecule has 1 saturated heterocycles. The smallest absolute Gasteiger partial charge is 0.244 e. The number of morpholine rings is 1. The molecule has 6 heteroatoms. The summed E-state index contributed by atoms with van der Waals surface area (Å²) in [6.07, 6.45) is 0. The molecule has 2 unspecified atom stereocenters. The third-order valence-corrected chi connectivity index (χ3v) is 2.76. The molecule has 0 aromatic heterocycles. The topological polar surface area (TPSA) is 70.7 Å². The van der Waals surface area contributed by atoms with Crippen LogP contribution >= 0.6 is 0 Å². The van der Waals surface area contributed by atoms with Crippen LogP contribution in [-0.2, 0) is 14.3 Å². The summed E-state index contributed by atoms with van der Waals surface area (Å²) in [5.74, 6) is -0.254. The van der Waals surface area contributed by atoms with Crippen molar-refractivity contribution in [2.45, 2.75) is 19.0 Å². The third kappa shape index (κ3) is 2.70. The van der Waals surface area contributed by atoms with Crippen LogP contribution < -0.4 is 10.6 Å². The van der Waals surface area contributed by atoms with Gasteiger partial charge in [0.05, 0.1) is 19.3 Å². The minimum Gasteiger partial charge on any atom is -0.377 e. The van der Waals surface area contributed by atoms with Crippen molar-refractivity contribution < 1.29 is 14.3 Å². The molecule has 0 spiro atoms. The number of carbonyl (C=O) groups is 2. The fraction of sp³-hybridized carbons (Fsp3) is 0.800. The lowest BCUT2D eigenvalue weighted by Gasteiger charge is -2.35. The van der Waals surface area contributed by atoms with E-state index >= 15 is 0 Å². The summed E-state index contributed by atoms with van der Waals surface area (Å²) in [6.45, 7) is 2.99. The molecule has 2 N–H and O–H groups in total. The van der Waals surface area contributed by atoms with Crippen molar-refractivity contribution in [3.8, 4) is 0 Å². The normalized spacial score (nSPS) is 22.7. The predicted molar refractivity (Wildman–Crippen MR) is 58.9 cm³/mol. The van der Waals surface area contributed by atoms with E-state index in [2.05, 4.69) is 10.6 Å². The van der Waals surface area contributed by atoms with Gasteiger partial charge in [0.1, 0.15) is 6.04 Å². The molecule has 1 aliphatic rings. The lowest BCUT2D eigenvalue weighted by atomic mass is 10.1. The Balaban J connectivity index is 2.73. The van der Waals surface area contributed by atoms with Crippen LogP contribution in [0.4, 0.5) is 0 Å². The number of likely N-dealkylation sites (N-methyl/N-ethyl adjacent to an activating group) is 2. The third-order valence-electron chi connectivity index (χ3n) is 2.76. The van der Waals surface area contributed by atoms with Crippen LogP contribution in [0.2, 0.25) is 0 Å². The SMILES string of the molecule is CNC(=O)C1COCCN1C(=O)C(C)NC. The lowest BCUT2D eigenvalue weighted by molar-refractivity contribution is -0.149. The maximum Gasteiger partial charge on any atom is 0.244 e. The van der Waals surface area contributed by atoms with Gasteiger partial charge in [0.25, 0.3) is 0 Å². The molecule has 0 aliphatic carbocycles. The van der Waals surface area contributed by atoms with Crippen LogP contribution in [0.15, 0.2) is 0 Å². The van der Waals surface area contributed by atoms with Gasteiger partial charge in [-0.15, -0.1) is 0 Å². The molecule has 0 saturated carbocycles. The summed E-state index contributed by atoms with van der Waals surface area (Å²) in [6, 6.07) is -0.799. The van der Waals surface area contributed by atoms with E-state index in [9.17, 15) is 9.59 Å². The van der Waals surface area contributed by atoms with Crippen molar-refractivity contribution in [2.75, 3.05) is 33.9 Å². The summed E-state index contributed by atoms with van der Waals surface area (Å²) >= 11 is 0. The maximum absolute atomic E-state index is 12.0. The van der Waals surface area contributed by atoms with Crippen LogP contribution in [0, 0.1) is 0 Å². The number of ether oxygens (including phenoxy) is 1. The first-order valence-corrected chi connectivity index (χ1v) is 5.39. The van der Waals surface area contributed by atoms with Gasteiger partial charge in [-0.25, -0.2) is 0 Å². The van der Waals surface area contributed by atoms with Crippen LogP contribution in [-0.4, -0.2) is 62.7 Å². The highest BCUT2D eigenvalue weighted by molar-refractivity contribution is 5.89. The molecule has 92 valence electrons. The van der Waals surface area contributed by atoms with Crippen LogP contribution in [0.3, 0.4) is 0 Å². The van der Waals surface area contributed by atoms with Crippen molar-refractivity contribution in [1.29, 1.82) is 0 Å². The largest absolute Gasteiger partial charge is 0.377 e. The number of amides is 2. The molecule has 1 heterocycles. The Labute approximate surface area is 95.3 Å². The Morgan fingerprint density at radius 3 is 2.69 bits per heavy atom. The first kappa shape index (κ1) is 12.9. The van der Waals surface area contributed by atoms with E-state index in [1.807, 2.05) is 0 Å². The second-order valence-corrected chi connectivity index (χ2v) is 3.75. The zero-order chi connectivity index (χ0) is 12.1. The molecule has 0 radical (unpaired) electrons. The van der Waals surface area contributed by atoms with Gasteiger partial charge in [-0.3, -0.25) is 9.59 Å². The highest BCUT2D eigenvalue weighted by atomic mass is 16.5. The molecule has 16 heavy (non-hydrogen) atoms. The minimum atomic E-state index is -0.512. The molecular formula is C10H19N3O3. The number of nitrogens with zero attached hydrogens (tertiary/aromatic N) is 1. The van der Waals surface area contributed by atoms with E-state index < -0.39 is 6.04 Å². The van der Waals surface area contributed by atoms with Crippen molar-refractivity contribution in [2.24, 2.45) is 0 Å². The van der Waals surface area contributed by atoms with Crippen molar-refractivity contribution in [3.63, 3.8) is 0 Å². The molecule has 2 amide bonds. The Hall–Kier alpha value is -1.14. The van der Waals surface area contributed by atoms with Gasteiger partial charge in [-0.1, -0.05) is 0 Å². The molecule has 6 nitrogen and oxygen atoms in total. The van der Waals surface area contributed by atoms with Gasteiger partial charge in [0.15, 0.2) is 0 Å². The van der Waals surface area contributed by atoms with Crippen molar-refractivity contribution >= 4 is 11.8 Å². The van der Waals surface area contributed by atoms with Crippen LogP contribution in [0.5, 0.6) is 0 Å². The average Bonchev–Trinajstić information content (AvgIpc) is 2.35. The Morgan fingerprint density at radius 2 is 2.12 bits per heavy atom. The summed E-state index contributed by atoms with van der Waals surface area (Å²) < 4.78 is 5.22. The Kier molecular flexibility index (Phi) is 4.70. The van der Waals surface area contributed by atoms with Gasteiger partial charge in [0, 0.05) is 13.6 Å². The fourth-order valence-corrected chi connectivity index (χ4v) is 1.62. The summed E-state index contributed by atoms with van der Waals surface area (Å²) in [7, 11) is 3.28. The van der Waals surface area contributed by atoms with Crippen LogP contribution in [0.25, 0.3) is 0 Å². The molecule has 1 rings (SSSR count). The molecule has 1 aliphatic heterocycles. The Morgan fingerprint density at radius 1 is 1.44 bits per heavy atom. The summed E-state index contributed by atoms with van der Waals surface area (Å²) in [4.78, 5) is 25.1. The molecule has 1 fully saturated rings. The van der Waals surface area contributed by atoms with E-state index in [0.29, 0.717) is 13.2 Å². The highest BCUT2D eigenvalue weighted by Gasteiger charge is 2.33. The van der Waals surface area contributed by atoms with E-state index in [1.54, 1.807) is 25.9 Å². The van der Waals surface area contributed by atoms with E-state index in [1.165, 1.54) is 0 Å². The zero-order valence-electron chi connectivity index (χ0n) is 9.95. The number of hydrogen-bond acceptors (Lipinski definition) is 4. The van der Waals surface area contributed by atoms with Crippen LogP contribution in [0.1, 0.15) is 6.92 Å². The predicted octanol–water partition coefficient (Wildman–Crippen LogP) is -1.43. The van der Waals surface area contributed by atoms with Crippen molar-refractivity contribution in [1.82, 2.24) is 15.5 Å². The lowest BCUT2D eigenvalue weighted by Crippen LogP contribution is -2.58. The number of nitrogens with one attached hydrogen (secondary N) is 2. The van der Waals surface area contributed by atoms with Gasteiger partial charge < -0.3 is 20.3 Å². The number of carbonyl (C=O) groups excluding carboxylic acids is 2. The van der Waals surface area contributed by atoms with Gasteiger partial charge in [-0.05, 0) is 14.0 Å². The maximum atomic E-state index is 12.0. The van der Waals surface area contributed by atoms with Gasteiger partial charge in [-0.2, -0.15) is 0 Å². The standard InChI is InChI=1S/C10H19N3O3/c1-7(11-2)10(15)13-4-5-16-6-8(13)9(14)12-3/h7-8,11H,4-6H2,1-3H3,(H,12,14). The average molecular weight is 229 g/mol. The Bertz CT molecular complexity index is 270. The van der Waals surface area contributed by atoms with Gasteiger partial charge in [0.2, 0.25) is 11.8 Å². The van der Waals surface area contributed by atoms with E-state index in [-0.39, 0.29) is 24.5 Å². The molecule has 0 bridgehead atoms. The summed E-state index contributed by atoms with van der Waals surface area (Å²) in [5.41, 5.74) is 0. The second kappa shape index (κ2) is 5.81. The first-order valence-electron chi connectivity index (χ1n) is 5.39. The molecule has 0 aromatic carbocycles. The van der Waals surface area contributed by atoms with Gasteiger partial charge >= 0.3 is 0 Å². The second-order valence-electron chi connectivity index (χ2n) is 3.75. The van der Waals surface area contributed by atoms with E-state index in [4.69, 9.17) is 4.74 Å². The monoisotopic (exact) mass is 229 g/mol. The van der Waals surface area contributed by atoms with E-state index in [0.717, 1.165) is 0 Å². The molecule has 0 aromatic rings. The highest BCUT2D eigenvalue weighted by Crippen LogP contribution is 2.09. The fourth-order valence-electron chi connectivity index (χ4n) is 1.62. The number of hydrogen-bond donors (Lipinski definition) is 2. The van der Waals surface area contributed by atoms with Crippen molar-refractivity contribution in [3.05, 3.63) is 0 Å². The zero-order valence-corrected chi connectivity index (χ0v) is 9.95. The minimum absolute atomic E-state index is 0.0700. The first-order chi connectivity index (χ1) is 7.61. The summed E-state index contributed by atoms with van der Waals surface area (Å²) in [5, 5.41) is 5.42. The number of rotatable bonds is 3.